The summed E-state index contributed by atoms with van der Waals surface area (Å²) < 4.78 is 0. The first-order valence-electron chi connectivity index (χ1n) is 7.73. The fourth-order valence-corrected chi connectivity index (χ4v) is 3.07. The van der Waals surface area contributed by atoms with E-state index in [0.717, 1.165) is 35.6 Å². The molecule has 1 aliphatic rings. The molecule has 0 aliphatic heterocycles. The van der Waals surface area contributed by atoms with Crippen LogP contribution in [-0.2, 0) is 0 Å². The van der Waals surface area contributed by atoms with Gasteiger partial charge < -0.3 is 10.6 Å². The molecule has 1 fully saturated rings. The van der Waals surface area contributed by atoms with Gasteiger partial charge in [0.25, 0.3) is 5.91 Å². The average Bonchev–Trinajstić information content (AvgIpc) is 2.48. The van der Waals surface area contributed by atoms with Crippen molar-refractivity contribution in [3.8, 4) is 0 Å². The second kappa shape index (κ2) is 6.78. The highest BCUT2D eigenvalue weighted by Crippen LogP contribution is 2.26. The fourth-order valence-electron chi connectivity index (χ4n) is 3.07. The smallest absolute Gasteiger partial charge is 0.251 e. The molecule has 0 aromatic heterocycles. The van der Waals surface area contributed by atoms with Gasteiger partial charge in [0.1, 0.15) is 0 Å². The third-order valence-corrected chi connectivity index (χ3v) is 4.52. The Kier molecular flexibility index (Phi) is 5.05. The van der Waals surface area contributed by atoms with Gasteiger partial charge in [0.05, 0.1) is 0 Å². The van der Waals surface area contributed by atoms with Crippen molar-refractivity contribution in [3.63, 3.8) is 0 Å². The Balaban J connectivity index is 1.93. The lowest BCUT2D eigenvalue weighted by atomic mass is 9.84. The van der Waals surface area contributed by atoms with Gasteiger partial charge >= 0.3 is 0 Å². The molecule has 2 rings (SSSR count). The first kappa shape index (κ1) is 14.9. The Morgan fingerprint density at radius 1 is 1.25 bits per heavy atom. The summed E-state index contributed by atoms with van der Waals surface area (Å²) in [5, 5.41) is 6.31. The Hall–Kier alpha value is -1.51. The molecule has 20 heavy (non-hydrogen) atoms. The third-order valence-electron chi connectivity index (χ3n) is 4.52. The van der Waals surface area contributed by atoms with Crippen molar-refractivity contribution in [3.05, 3.63) is 29.3 Å². The summed E-state index contributed by atoms with van der Waals surface area (Å²) in [6.45, 7) is 4.28. The molecule has 1 aromatic carbocycles. The topological polar surface area (TPSA) is 41.1 Å². The van der Waals surface area contributed by atoms with E-state index in [0.29, 0.717) is 6.04 Å². The van der Waals surface area contributed by atoms with Gasteiger partial charge in [0.2, 0.25) is 0 Å². The summed E-state index contributed by atoms with van der Waals surface area (Å²) in [5.74, 6) is 0.927. The predicted molar refractivity (Wildman–Crippen MR) is 84.2 cm³/mol. The summed E-state index contributed by atoms with van der Waals surface area (Å²) in [7, 11) is 1.90. The highest BCUT2D eigenvalue weighted by molar-refractivity contribution is 5.95. The molecule has 0 saturated heterocycles. The molecular formula is C17H26N2O. The summed E-state index contributed by atoms with van der Waals surface area (Å²) in [5.41, 5.74) is 2.94. The molecule has 0 heterocycles. The van der Waals surface area contributed by atoms with Gasteiger partial charge in [-0.2, -0.15) is 0 Å². The van der Waals surface area contributed by atoms with Gasteiger partial charge in [-0.25, -0.2) is 0 Å². The maximum Gasteiger partial charge on any atom is 0.251 e. The number of anilines is 1. The van der Waals surface area contributed by atoms with Crippen LogP contribution in [0, 0.1) is 12.8 Å². The molecule has 1 aliphatic carbocycles. The first-order chi connectivity index (χ1) is 9.63. The standard InChI is InChI=1S/C17H26N2O/c1-4-13-5-8-15(9-6-13)19-17(20)14-7-10-16(18-3)12(2)11-14/h7,10-11,13,15,18H,4-6,8-9H2,1-3H3,(H,19,20). The molecule has 110 valence electrons. The number of aryl methyl sites for hydroxylation is 1. The van der Waals surface area contributed by atoms with Crippen molar-refractivity contribution in [1.82, 2.24) is 5.32 Å². The summed E-state index contributed by atoms with van der Waals surface area (Å²) >= 11 is 0. The number of rotatable bonds is 4. The molecule has 0 bridgehead atoms. The quantitative estimate of drug-likeness (QED) is 0.878. The van der Waals surface area contributed by atoms with Crippen molar-refractivity contribution in [2.24, 2.45) is 5.92 Å². The highest BCUT2D eigenvalue weighted by atomic mass is 16.1. The van der Waals surface area contributed by atoms with E-state index in [4.69, 9.17) is 0 Å². The van der Waals surface area contributed by atoms with E-state index in [9.17, 15) is 4.79 Å². The zero-order chi connectivity index (χ0) is 14.5. The molecule has 3 heteroatoms. The maximum absolute atomic E-state index is 12.3. The minimum Gasteiger partial charge on any atom is -0.388 e. The van der Waals surface area contributed by atoms with Crippen LogP contribution in [0.3, 0.4) is 0 Å². The van der Waals surface area contributed by atoms with Crippen LogP contribution in [0.1, 0.15) is 54.9 Å². The number of carbonyl (C=O) groups excluding carboxylic acids is 1. The van der Waals surface area contributed by atoms with Gasteiger partial charge in [-0.15, -0.1) is 0 Å². The molecular weight excluding hydrogens is 248 g/mol. The lowest BCUT2D eigenvalue weighted by molar-refractivity contribution is 0.0921. The molecule has 3 nitrogen and oxygen atoms in total. The number of hydrogen-bond donors (Lipinski definition) is 2. The van der Waals surface area contributed by atoms with E-state index >= 15 is 0 Å². The second-order valence-corrected chi connectivity index (χ2v) is 5.88. The average molecular weight is 274 g/mol. The first-order valence-corrected chi connectivity index (χ1v) is 7.73. The van der Waals surface area contributed by atoms with E-state index in [-0.39, 0.29) is 5.91 Å². The lowest BCUT2D eigenvalue weighted by Gasteiger charge is -2.28. The highest BCUT2D eigenvalue weighted by Gasteiger charge is 2.21. The zero-order valence-electron chi connectivity index (χ0n) is 12.8. The Morgan fingerprint density at radius 3 is 2.50 bits per heavy atom. The lowest BCUT2D eigenvalue weighted by Crippen LogP contribution is -2.37. The van der Waals surface area contributed by atoms with Gasteiger partial charge in [0, 0.05) is 24.3 Å². The Bertz CT molecular complexity index is 462. The normalized spacial score (nSPS) is 22.4. The number of hydrogen-bond acceptors (Lipinski definition) is 2. The predicted octanol–water partition coefficient (Wildman–Crippen LogP) is 3.74. The van der Waals surface area contributed by atoms with Crippen LogP contribution in [0.15, 0.2) is 18.2 Å². The van der Waals surface area contributed by atoms with Crippen LogP contribution in [0.5, 0.6) is 0 Å². The van der Waals surface area contributed by atoms with Gasteiger partial charge in [-0.05, 0) is 62.3 Å². The van der Waals surface area contributed by atoms with Crippen molar-refractivity contribution in [1.29, 1.82) is 0 Å². The third kappa shape index (κ3) is 3.53. The number of benzene rings is 1. The van der Waals surface area contributed by atoms with Crippen LogP contribution in [0.25, 0.3) is 0 Å². The van der Waals surface area contributed by atoms with Gasteiger partial charge in [0.15, 0.2) is 0 Å². The Morgan fingerprint density at radius 2 is 1.95 bits per heavy atom. The van der Waals surface area contributed by atoms with Gasteiger partial charge in [-0.1, -0.05) is 13.3 Å². The zero-order valence-corrected chi connectivity index (χ0v) is 12.8. The number of nitrogens with one attached hydrogen (secondary N) is 2. The van der Waals surface area contributed by atoms with Crippen LogP contribution in [0.2, 0.25) is 0 Å². The van der Waals surface area contributed by atoms with Crippen LogP contribution < -0.4 is 10.6 Å². The van der Waals surface area contributed by atoms with Crippen molar-refractivity contribution < 1.29 is 4.79 Å². The molecule has 1 amide bonds. The summed E-state index contributed by atoms with van der Waals surface area (Å²) in [4.78, 5) is 12.3. The molecule has 2 N–H and O–H groups in total. The molecule has 1 saturated carbocycles. The van der Waals surface area contributed by atoms with Crippen molar-refractivity contribution in [2.75, 3.05) is 12.4 Å². The second-order valence-electron chi connectivity index (χ2n) is 5.88. The fraction of sp³-hybridized carbons (Fsp3) is 0.588. The van der Waals surface area contributed by atoms with E-state index in [2.05, 4.69) is 17.6 Å². The van der Waals surface area contributed by atoms with Crippen molar-refractivity contribution >= 4 is 11.6 Å². The van der Waals surface area contributed by atoms with Crippen LogP contribution in [-0.4, -0.2) is 19.0 Å². The molecule has 0 radical (unpaired) electrons. The van der Waals surface area contributed by atoms with Gasteiger partial charge in [-0.3, -0.25) is 4.79 Å². The van der Waals surface area contributed by atoms with Crippen LogP contribution in [0.4, 0.5) is 5.69 Å². The Labute approximate surface area is 122 Å². The van der Waals surface area contributed by atoms with Crippen LogP contribution >= 0.6 is 0 Å². The SMILES string of the molecule is CCC1CCC(NC(=O)c2ccc(NC)c(C)c2)CC1. The molecule has 0 spiro atoms. The maximum atomic E-state index is 12.3. The number of amides is 1. The molecule has 0 unspecified atom stereocenters. The minimum absolute atomic E-state index is 0.0655. The van der Waals surface area contributed by atoms with E-state index in [1.54, 1.807) is 0 Å². The molecule has 0 atom stereocenters. The monoisotopic (exact) mass is 274 g/mol. The van der Waals surface area contributed by atoms with Crippen molar-refractivity contribution in [2.45, 2.75) is 52.0 Å². The molecule has 1 aromatic rings. The summed E-state index contributed by atoms with van der Waals surface area (Å²) in [6, 6.07) is 6.18. The largest absolute Gasteiger partial charge is 0.388 e. The number of carbonyl (C=O) groups is 1. The minimum atomic E-state index is 0.0655. The summed E-state index contributed by atoms with van der Waals surface area (Å²) in [6.07, 6.45) is 6.01. The van der Waals surface area contributed by atoms with E-state index < -0.39 is 0 Å². The van der Waals surface area contributed by atoms with E-state index in [1.165, 1.54) is 19.3 Å². The van der Waals surface area contributed by atoms with E-state index in [1.807, 2.05) is 32.2 Å².